The van der Waals surface area contributed by atoms with Gasteiger partial charge in [-0.05, 0) is 49.3 Å². The molecule has 1 atom stereocenters. The van der Waals surface area contributed by atoms with Crippen LogP contribution < -0.4 is 5.32 Å². The Hall–Kier alpha value is -0.600. The third kappa shape index (κ3) is 4.20. The van der Waals surface area contributed by atoms with Crippen molar-refractivity contribution in [2.75, 3.05) is 6.54 Å². The van der Waals surface area contributed by atoms with Crippen molar-refractivity contribution in [3.63, 3.8) is 0 Å². The summed E-state index contributed by atoms with van der Waals surface area (Å²) < 4.78 is 13.8. The minimum atomic E-state index is -0.306. The fourth-order valence-corrected chi connectivity index (χ4v) is 3.76. The van der Waals surface area contributed by atoms with Gasteiger partial charge in [0.15, 0.2) is 0 Å². The van der Waals surface area contributed by atoms with Crippen molar-refractivity contribution in [3.8, 4) is 0 Å². The number of benzene rings is 1. The summed E-state index contributed by atoms with van der Waals surface area (Å²) in [6.07, 6.45) is 7.37. The van der Waals surface area contributed by atoms with Crippen molar-refractivity contribution < 1.29 is 4.39 Å². The smallest absolute Gasteiger partial charge is 0.142 e. The molecule has 0 amide bonds. The van der Waals surface area contributed by atoms with Crippen molar-refractivity contribution >= 4 is 11.6 Å². The molecule has 0 heterocycles. The van der Waals surface area contributed by atoms with Gasteiger partial charge in [0.2, 0.25) is 0 Å². The van der Waals surface area contributed by atoms with Gasteiger partial charge in [0, 0.05) is 6.04 Å². The molecule has 1 unspecified atom stereocenters. The van der Waals surface area contributed by atoms with E-state index < -0.39 is 0 Å². The van der Waals surface area contributed by atoms with Crippen molar-refractivity contribution in [1.29, 1.82) is 0 Å². The lowest BCUT2D eigenvalue weighted by atomic mass is 9.76. The highest BCUT2D eigenvalue weighted by Gasteiger charge is 2.29. The van der Waals surface area contributed by atoms with Gasteiger partial charge < -0.3 is 5.32 Å². The molecule has 1 aliphatic rings. The Morgan fingerprint density at radius 2 is 1.95 bits per heavy atom. The van der Waals surface area contributed by atoms with E-state index in [4.69, 9.17) is 11.6 Å². The Morgan fingerprint density at radius 1 is 1.24 bits per heavy atom. The molecule has 1 aliphatic carbocycles. The van der Waals surface area contributed by atoms with E-state index in [2.05, 4.69) is 19.2 Å². The molecule has 0 aliphatic heterocycles. The number of hydrogen-bond acceptors (Lipinski definition) is 1. The normalized spacial score (nSPS) is 24.0. The minimum absolute atomic E-state index is 0.186. The molecular weight excluding hydrogens is 285 g/mol. The fourth-order valence-electron chi connectivity index (χ4n) is 3.52. The van der Waals surface area contributed by atoms with Crippen LogP contribution in [0.2, 0.25) is 5.02 Å². The van der Waals surface area contributed by atoms with Gasteiger partial charge in [-0.15, -0.1) is 0 Å². The second-order valence-corrected chi connectivity index (χ2v) is 6.64. The molecule has 0 bridgehead atoms. The number of halogens is 2. The molecule has 0 radical (unpaired) electrons. The molecule has 1 N–H and O–H groups in total. The highest BCUT2D eigenvalue weighted by molar-refractivity contribution is 6.31. The van der Waals surface area contributed by atoms with Crippen LogP contribution in [0, 0.1) is 17.7 Å². The molecule has 118 valence electrons. The number of hydrogen-bond donors (Lipinski definition) is 1. The van der Waals surface area contributed by atoms with E-state index in [1.807, 2.05) is 6.07 Å². The first-order valence-corrected chi connectivity index (χ1v) is 8.72. The SMILES string of the molecule is CCCNC(c1cccc(F)c1Cl)C1CCC(CC)CC1. The Balaban J connectivity index is 2.16. The maximum Gasteiger partial charge on any atom is 0.142 e. The van der Waals surface area contributed by atoms with Gasteiger partial charge in [0.25, 0.3) is 0 Å². The third-order valence-corrected chi connectivity index (χ3v) is 5.27. The molecular formula is C18H27ClFN. The van der Waals surface area contributed by atoms with Crippen molar-refractivity contribution in [1.82, 2.24) is 5.32 Å². The van der Waals surface area contributed by atoms with Gasteiger partial charge in [-0.1, -0.05) is 56.8 Å². The predicted molar refractivity (Wildman–Crippen MR) is 88.2 cm³/mol. The Labute approximate surface area is 133 Å². The number of rotatable bonds is 6. The van der Waals surface area contributed by atoms with E-state index in [0.29, 0.717) is 10.9 Å². The first kappa shape index (κ1) is 16.8. The zero-order chi connectivity index (χ0) is 15.2. The maximum absolute atomic E-state index is 13.8. The molecule has 1 fully saturated rings. The van der Waals surface area contributed by atoms with Crippen LogP contribution in [0.25, 0.3) is 0 Å². The van der Waals surface area contributed by atoms with Crippen molar-refractivity contribution in [2.45, 2.75) is 58.4 Å². The second-order valence-electron chi connectivity index (χ2n) is 6.26. The van der Waals surface area contributed by atoms with E-state index in [1.54, 1.807) is 6.07 Å². The highest BCUT2D eigenvalue weighted by Crippen LogP contribution is 2.40. The van der Waals surface area contributed by atoms with Gasteiger partial charge in [-0.2, -0.15) is 0 Å². The van der Waals surface area contributed by atoms with Crippen LogP contribution >= 0.6 is 11.6 Å². The van der Waals surface area contributed by atoms with Crippen LogP contribution in [-0.4, -0.2) is 6.54 Å². The van der Waals surface area contributed by atoms with Crippen LogP contribution in [-0.2, 0) is 0 Å². The summed E-state index contributed by atoms with van der Waals surface area (Å²) in [6.45, 7) is 5.39. The van der Waals surface area contributed by atoms with E-state index in [0.717, 1.165) is 24.4 Å². The largest absolute Gasteiger partial charge is 0.310 e. The predicted octanol–water partition coefficient (Wildman–Crippen LogP) is 5.74. The Morgan fingerprint density at radius 3 is 2.57 bits per heavy atom. The molecule has 0 aromatic heterocycles. The topological polar surface area (TPSA) is 12.0 Å². The average molecular weight is 312 g/mol. The minimum Gasteiger partial charge on any atom is -0.310 e. The summed E-state index contributed by atoms with van der Waals surface area (Å²) in [4.78, 5) is 0. The first-order chi connectivity index (χ1) is 10.2. The summed E-state index contributed by atoms with van der Waals surface area (Å²) in [6, 6.07) is 5.38. The fraction of sp³-hybridized carbons (Fsp3) is 0.667. The van der Waals surface area contributed by atoms with E-state index in [-0.39, 0.29) is 11.9 Å². The van der Waals surface area contributed by atoms with Gasteiger partial charge in [-0.3, -0.25) is 0 Å². The average Bonchev–Trinajstić information content (AvgIpc) is 2.52. The lowest BCUT2D eigenvalue weighted by Crippen LogP contribution is -2.32. The van der Waals surface area contributed by atoms with Gasteiger partial charge in [-0.25, -0.2) is 4.39 Å². The van der Waals surface area contributed by atoms with Gasteiger partial charge in [0.05, 0.1) is 5.02 Å². The zero-order valence-corrected chi connectivity index (χ0v) is 13.9. The van der Waals surface area contributed by atoms with E-state index in [9.17, 15) is 4.39 Å². The van der Waals surface area contributed by atoms with Crippen molar-refractivity contribution in [3.05, 3.63) is 34.6 Å². The summed E-state index contributed by atoms with van der Waals surface area (Å²) >= 11 is 6.23. The van der Waals surface area contributed by atoms with Crippen LogP contribution in [0.4, 0.5) is 4.39 Å². The summed E-state index contributed by atoms with van der Waals surface area (Å²) in [7, 11) is 0. The highest BCUT2D eigenvalue weighted by atomic mass is 35.5. The summed E-state index contributed by atoms with van der Waals surface area (Å²) in [5.41, 5.74) is 0.935. The molecule has 1 aromatic carbocycles. The van der Waals surface area contributed by atoms with E-state index in [1.165, 1.54) is 38.2 Å². The maximum atomic E-state index is 13.8. The van der Waals surface area contributed by atoms with E-state index >= 15 is 0 Å². The third-order valence-electron chi connectivity index (χ3n) is 4.87. The molecule has 1 aromatic rings. The zero-order valence-electron chi connectivity index (χ0n) is 13.2. The Kier molecular flexibility index (Phi) is 6.50. The van der Waals surface area contributed by atoms with Crippen LogP contribution in [0.3, 0.4) is 0 Å². The van der Waals surface area contributed by atoms with Crippen molar-refractivity contribution in [2.24, 2.45) is 11.8 Å². The summed E-state index contributed by atoms with van der Waals surface area (Å²) in [5, 5.41) is 3.90. The summed E-state index contributed by atoms with van der Waals surface area (Å²) in [5.74, 6) is 1.13. The van der Waals surface area contributed by atoms with Crippen LogP contribution in [0.15, 0.2) is 18.2 Å². The monoisotopic (exact) mass is 311 g/mol. The lowest BCUT2D eigenvalue weighted by molar-refractivity contribution is 0.218. The molecule has 0 spiro atoms. The van der Waals surface area contributed by atoms with Crippen LogP contribution in [0.5, 0.6) is 0 Å². The molecule has 3 heteroatoms. The van der Waals surface area contributed by atoms with Gasteiger partial charge in [0.1, 0.15) is 5.82 Å². The Bertz CT molecular complexity index is 441. The first-order valence-electron chi connectivity index (χ1n) is 8.34. The molecule has 0 saturated heterocycles. The van der Waals surface area contributed by atoms with Gasteiger partial charge >= 0.3 is 0 Å². The number of nitrogens with one attached hydrogen (secondary N) is 1. The molecule has 2 rings (SSSR count). The quantitative estimate of drug-likeness (QED) is 0.706. The molecule has 1 nitrogen and oxygen atoms in total. The molecule has 1 saturated carbocycles. The molecule has 21 heavy (non-hydrogen) atoms. The van der Waals surface area contributed by atoms with Crippen LogP contribution in [0.1, 0.15) is 64.0 Å². The standard InChI is InChI=1S/C18H27ClFN/c1-3-12-21-18(14-10-8-13(4-2)9-11-14)15-6-5-7-16(20)17(15)19/h5-7,13-14,18,21H,3-4,8-12H2,1-2H3. The lowest BCUT2D eigenvalue weighted by Gasteiger charge is -2.35. The second kappa shape index (κ2) is 8.14.